The van der Waals surface area contributed by atoms with Crippen LogP contribution in [0.15, 0.2) is 10.7 Å². The van der Waals surface area contributed by atoms with E-state index in [2.05, 4.69) is 26.0 Å². The molecule has 0 spiro atoms. The summed E-state index contributed by atoms with van der Waals surface area (Å²) in [5.41, 5.74) is 2.52. The number of aromatic nitrogens is 3. The molecule has 0 saturated heterocycles. The second-order valence-corrected chi connectivity index (χ2v) is 4.98. The Balaban J connectivity index is 2.74. The van der Waals surface area contributed by atoms with Crippen molar-refractivity contribution < 1.29 is 8.78 Å². The van der Waals surface area contributed by atoms with Crippen LogP contribution >= 0.6 is 15.9 Å². The van der Waals surface area contributed by atoms with Crippen LogP contribution in [0.1, 0.15) is 43.1 Å². The van der Waals surface area contributed by atoms with Crippen LogP contribution in [0.5, 0.6) is 0 Å². The van der Waals surface area contributed by atoms with Gasteiger partial charge in [0.2, 0.25) is 5.82 Å². The smallest absolute Gasteiger partial charge is 0.206 e. The van der Waals surface area contributed by atoms with E-state index in [0.717, 1.165) is 11.1 Å². The van der Waals surface area contributed by atoms with E-state index in [1.807, 2.05) is 20.8 Å². The minimum Gasteiger partial charge on any atom is -0.206 e. The largest absolute Gasteiger partial charge is 0.299 e. The number of rotatable bonds is 2. The Labute approximate surface area is 106 Å². The van der Waals surface area contributed by atoms with Crippen molar-refractivity contribution in [3.8, 4) is 0 Å². The SMILES string of the molecule is Cc1cc2nc(C(F)F)nn2c(Br)c1C(C)C. The van der Waals surface area contributed by atoms with Gasteiger partial charge in [-0.15, -0.1) is 5.10 Å². The molecule has 92 valence electrons. The van der Waals surface area contributed by atoms with Gasteiger partial charge < -0.3 is 0 Å². The van der Waals surface area contributed by atoms with E-state index in [1.165, 1.54) is 4.52 Å². The number of nitrogens with zero attached hydrogens (tertiary/aromatic N) is 3. The zero-order valence-electron chi connectivity index (χ0n) is 9.71. The standard InChI is InChI=1S/C11H12BrF2N3/c1-5(2)8-6(3)4-7-15-11(10(13)14)16-17(7)9(8)12/h4-5,10H,1-3H3. The first-order chi connectivity index (χ1) is 7.91. The van der Waals surface area contributed by atoms with Gasteiger partial charge in [-0.1, -0.05) is 13.8 Å². The molecule has 0 aliphatic heterocycles. The van der Waals surface area contributed by atoms with Gasteiger partial charge in [-0.3, -0.25) is 0 Å². The van der Waals surface area contributed by atoms with Gasteiger partial charge in [-0.25, -0.2) is 18.3 Å². The molecule has 0 unspecified atom stereocenters. The molecule has 3 nitrogen and oxygen atoms in total. The fraction of sp³-hybridized carbons (Fsp3) is 0.455. The highest BCUT2D eigenvalue weighted by molar-refractivity contribution is 9.10. The van der Waals surface area contributed by atoms with Gasteiger partial charge in [-0.2, -0.15) is 0 Å². The minimum atomic E-state index is -2.65. The van der Waals surface area contributed by atoms with Crippen molar-refractivity contribution in [2.45, 2.75) is 33.1 Å². The molecule has 2 rings (SSSR count). The van der Waals surface area contributed by atoms with E-state index in [4.69, 9.17) is 0 Å². The number of fused-ring (bicyclic) bond motifs is 1. The molecule has 0 atom stereocenters. The summed E-state index contributed by atoms with van der Waals surface area (Å²) >= 11 is 3.41. The van der Waals surface area contributed by atoms with Crippen LogP contribution in [0.2, 0.25) is 0 Å². The summed E-state index contributed by atoms with van der Waals surface area (Å²) < 4.78 is 27.2. The summed E-state index contributed by atoms with van der Waals surface area (Å²) in [6, 6.07) is 1.78. The van der Waals surface area contributed by atoms with E-state index < -0.39 is 12.2 Å². The Morgan fingerprint density at radius 1 is 1.35 bits per heavy atom. The molecule has 17 heavy (non-hydrogen) atoms. The third kappa shape index (κ3) is 2.06. The van der Waals surface area contributed by atoms with Crippen LogP contribution < -0.4 is 0 Å². The van der Waals surface area contributed by atoms with Gasteiger partial charge in [-0.05, 0) is 46.0 Å². The maximum absolute atomic E-state index is 12.5. The topological polar surface area (TPSA) is 30.2 Å². The van der Waals surface area contributed by atoms with Crippen molar-refractivity contribution in [3.63, 3.8) is 0 Å². The molecular formula is C11H12BrF2N3. The maximum Gasteiger partial charge on any atom is 0.299 e. The normalized spacial score (nSPS) is 12.0. The minimum absolute atomic E-state index is 0.285. The zero-order chi connectivity index (χ0) is 12.7. The molecule has 0 fully saturated rings. The highest BCUT2D eigenvalue weighted by Crippen LogP contribution is 2.29. The van der Waals surface area contributed by atoms with Crippen LogP contribution in [0.3, 0.4) is 0 Å². The first-order valence-corrected chi connectivity index (χ1v) is 6.05. The van der Waals surface area contributed by atoms with E-state index >= 15 is 0 Å². The third-order valence-electron chi connectivity index (χ3n) is 2.60. The second kappa shape index (κ2) is 4.33. The average molecular weight is 304 g/mol. The second-order valence-electron chi connectivity index (χ2n) is 4.23. The van der Waals surface area contributed by atoms with Crippen molar-refractivity contribution in [1.82, 2.24) is 14.6 Å². The molecule has 2 heterocycles. The van der Waals surface area contributed by atoms with E-state index in [9.17, 15) is 8.78 Å². The Morgan fingerprint density at radius 2 is 2.00 bits per heavy atom. The molecular weight excluding hydrogens is 292 g/mol. The highest BCUT2D eigenvalue weighted by Gasteiger charge is 2.18. The number of aryl methyl sites for hydroxylation is 1. The molecule has 0 bridgehead atoms. The Bertz CT molecular complexity index is 563. The van der Waals surface area contributed by atoms with Gasteiger partial charge in [0.1, 0.15) is 4.60 Å². The fourth-order valence-electron chi connectivity index (χ4n) is 1.91. The fourth-order valence-corrected chi connectivity index (χ4v) is 2.94. The van der Waals surface area contributed by atoms with Crippen LogP contribution in [-0.2, 0) is 0 Å². The molecule has 0 aliphatic rings. The predicted octanol–water partition coefficient (Wildman–Crippen LogP) is 3.86. The molecule has 6 heteroatoms. The molecule has 0 amide bonds. The van der Waals surface area contributed by atoms with E-state index in [0.29, 0.717) is 10.3 Å². The van der Waals surface area contributed by atoms with Crippen molar-refractivity contribution in [1.29, 1.82) is 0 Å². The molecule has 2 aromatic rings. The number of halogens is 3. The number of alkyl halides is 2. The van der Waals surface area contributed by atoms with Crippen molar-refractivity contribution >= 4 is 21.6 Å². The number of hydrogen-bond donors (Lipinski definition) is 0. The van der Waals surface area contributed by atoms with Gasteiger partial charge in [0, 0.05) is 0 Å². The molecule has 2 aromatic heterocycles. The lowest BCUT2D eigenvalue weighted by Gasteiger charge is -2.12. The van der Waals surface area contributed by atoms with Gasteiger partial charge >= 0.3 is 0 Å². The van der Waals surface area contributed by atoms with Crippen molar-refractivity contribution in [2.75, 3.05) is 0 Å². The van der Waals surface area contributed by atoms with Crippen molar-refractivity contribution in [2.24, 2.45) is 0 Å². The van der Waals surface area contributed by atoms with Crippen LogP contribution in [-0.4, -0.2) is 14.6 Å². The molecule has 0 aliphatic carbocycles. The predicted molar refractivity (Wildman–Crippen MR) is 64.5 cm³/mol. The lowest BCUT2D eigenvalue weighted by molar-refractivity contribution is 0.140. The number of hydrogen-bond acceptors (Lipinski definition) is 2. The van der Waals surface area contributed by atoms with Crippen LogP contribution in [0.4, 0.5) is 8.78 Å². The zero-order valence-corrected chi connectivity index (χ0v) is 11.3. The summed E-state index contributed by atoms with van der Waals surface area (Å²) in [5.74, 6) is -0.154. The molecule has 0 saturated carbocycles. The Morgan fingerprint density at radius 3 is 2.53 bits per heavy atom. The molecule has 0 radical (unpaired) electrons. The van der Waals surface area contributed by atoms with Gasteiger partial charge in [0.05, 0.1) is 0 Å². The lowest BCUT2D eigenvalue weighted by Crippen LogP contribution is -2.01. The Kier molecular flexibility index (Phi) is 3.16. The van der Waals surface area contributed by atoms with Crippen molar-refractivity contribution in [3.05, 3.63) is 27.6 Å². The summed E-state index contributed by atoms with van der Waals surface area (Å²) in [6.45, 7) is 6.03. The Hall–Kier alpha value is -1.04. The quantitative estimate of drug-likeness (QED) is 0.789. The first kappa shape index (κ1) is 12.4. The highest BCUT2D eigenvalue weighted by atomic mass is 79.9. The summed E-state index contributed by atoms with van der Waals surface area (Å²) in [7, 11) is 0. The number of pyridine rings is 1. The van der Waals surface area contributed by atoms with E-state index in [1.54, 1.807) is 6.07 Å². The summed E-state index contributed by atoms with van der Waals surface area (Å²) in [5, 5.41) is 3.80. The lowest BCUT2D eigenvalue weighted by atomic mass is 10.0. The van der Waals surface area contributed by atoms with E-state index in [-0.39, 0.29) is 5.92 Å². The molecule has 0 N–H and O–H groups in total. The van der Waals surface area contributed by atoms with Gasteiger partial charge in [0.15, 0.2) is 5.65 Å². The van der Waals surface area contributed by atoms with Gasteiger partial charge in [0.25, 0.3) is 6.43 Å². The maximum atomic E-state index is 12.5. The first-order valence-electron chi connectivity index (χ1n) is 5.25. The molecule has 0 aromatic carbocycles. The monoisotopic (exact) mass is 303 g/mol. The van der Waals surface area contributed by atoms with Crippen LogP contribution in [0.25, 0.3) is 5.65 Å². The summed E-state index contributed by atoms with van der Waals surface area (Å²) in [6.07, 6.45) is -2.65. The van der Waals surface area contributed by atoms with Crippen LogP contribution in [0, 0.1) is 6.92 Å². The third-order valence-corrected chi connectivity index (χ3v) is 3.36. The summed E-state index contributed by atoms with van der Waals surface area (Å²) in [4.78, 5) is 3.81. The average Bonchev–Trinajstić information content (AvgIpc) is 2.60.